The molecule has 0 spiro atoms. The zero-order valence-electron chi connectivity index (χ0n) is 11.6. The quantitative estimate of drug-likeness (QED) is 0.392. The predicted molar refractivity (Wildman–Crippen MR) is 67.5 cm³/mol. The summed E-state index contributed by atoms with van der Waals surface area (Å²) in [7, 11) is 1.68. The molecule has 0 bridgehead atoms. The van der Waals surface area contributed by atoms with Crippen LogP contribution in [-0.2, 0) is 14.4 Å². The summed E-state index contributed by atoms with van der Waals surface area (Å²) in [5.41, 5.74) is 1.67. The Kier molecular flexibility index (Phi) is 6.49. The molecule has 2 atom stereocenters. The van der Waals surface area contributed by atoms with Gasteiger partial charge in [0, 0.05) is 13.0 Å². The summed E-state index contributed by atoms with van der Waals surface area (Å²) < 4.78 is 6.79. The third-order valence-corrected chi connectivity index (χ3v) is 2.17. The lowest BCUT2D eigenvalue weighted by Gasteiger charge is -2.20. The molecule has 0 aliphatic rings. The second-order valence-corrected chi connectivity index (χ2v) is 3.81. The lowest BCUT2D eigenvalue weighted by molar-refractivity contribution is -0.130. The van der Waals surface area contributed by atoms with E-state index in [9.17, 15) is 14.4 Å². The molecule has 2 amide bonds. The molecule has 0 aromatic rings. The highest BCUT2D eigenvalue weighted by Crippen LogP contribution is 1.94. The van der Waals surface area contributed by atoms with Crippen molar-refractivity contribution in [1.82, 2.24) is 16.0 Å². The van der Waals surface area contributed by atoms with E-state index in [0.717, 1.165) is 0 Å². The molecule has 0 aromatic heterocycles. The Morgan fingerprint density at radius 1 is 1.44 bits per heavy atom. The van der Waals surface area contributed by atoms with Crippen molar-refractivity contribution < 1.29 is 15.8 Å². The molecule has 0 heterocycles. The van der Waals surface area contributed by atoms with Crippen LogP contribution >= 0.6 is 0 Å². The normalized spacial score (nSPS) is 13.8. The van der Waals surface area contributed by atoms with Gasteiger partial charge in [0.25, 0.3) is 0 Å². The number of primary amides is 1. The third kappa shape index (κ3) is 6.00. The van der Waals surface area contributed by atoms with Crippen LogP contribution in [0.15, 0.2) is 12.8 Å². The molecule has 0 rings (SSSR count). The fourth-order valence-corrected chi connectivity index (χ4v) is 1.34. The van der Waals surface area contributed by atoms with Gasteiger partial charge in [-0.1, -0.05) is 6.58 Å². The first-order chi connectivity index (χ1) is 8.96. The summed E-state index contributed by atoms with van der Waals surface area (Å²) in [6.45, 7) is 5.10. The summed E-state index contributed by atoms with van der Waals surface area (Å²) >= 11 is 0. The highest BCUT2D eigenvalue weighted by Gasteiger charge is 2.24. The monoisotopic (exact) mass is 258 g/mol. The SMILES string of the molecule is [3H]NC(=O)[C@H](CC(C)=O)NC(=O)[C@H](CNC)NC=C. The highest BCUT2D eigenvalue weighted by molar-refractivity contribution is 5.92. The van der Waals surface area contributed by atoms with E-state index >= 15 is 0 Å². The van der Waals surface area contributed by atoms with Gasteiger partial charge in [-0.05, 0) is 20.2 Å². The largest absolute Gasteiger partial charge is 0.379 e. The van der Waals surface area contributed by atoms with Crippen LogP contribution in [0.3, 0.4) is 0 Å². The van der Waals surface area contributed by atoms with Crippen LogP contribution in [0.4, 0.5) is 0 Å². The van der Waals surface area contributed by atoms with Gasteiger partial charge in [-0.3, -0.25) is 14.4 Å². The van der Waals surface area contributed by atoms with Crippen LogP contribution in [0.25, 0.3) is 0 Å². The minimum Gasteiger partial charge on any atom is -0.379 e. The van der Waals surface area contributed by atoms with Crippen molar-refractivity contribution in [2.45, 2.75) is 25.4 Å². The van der Waals surface area contributed by atoms with E-state index < -0.39 is 23.9 Å². The van der Waals surface area contributed by atoms with Gasteiger partial charge >= 0.3 is 0 Å². The molecule has 7 nitrogen and oxygen atoms in total. The number of nitrogens with one attached hydrogen (secondary N) is 3. The van der Waals surface area contributed by atoms with Crippen molar-refractivity contribution in [1.29, 1.82) is 0 Å². The molecule has 18 heavy (non-hydrogen) atoms. The Balaban J connectivity index is 4.70. The van der Waals surface area contributed by atoms with Gasteiger partial charge in [-0.15, -0.1) is 0 Å². The summed E-state index contributed by atoms with van der Waals surface area (Å²) in [5.74, 6) is -1.44. The first-order valence-electron chi connectivity index (χ1n) is 5.99. The summed E-state index contributed by atoms with van der Waals surface area (Å²) in [6.07, 6.45) is 1.21. The van der Waals surface area contributed by atoms with Crippen molar-refractivity contribution >= 4 is 17.6 Å². The maximum Gasteiger partial charge on any atom is 0.244 e. The van der Waals surface area contributed by atoms with Gasteiger partial charge in [-0.2, -0.15) is 0 Å². The first-order valence-corrected chi connectivity index (χ1v) is 5.49. The standard InChI is InChI=1S/C11H20N4O3/c1-4-14-9(6-13-3)11(18)15-8(10(12)17)5-7(2)16/h4,8-9,13-14H,1,5-6H2,2-3H3,(H2,12,17)(H,15,18)/t8-,9-/m0/s1/i/hT. The number of hydrogen-bond acceptors (Lipinski definition) is 5. The molecule has 0 aliphatic carbocycles. The van der Waals surface area contributed by atoms with E-state index in [-0.39, 0.29) is 12.2 Å². The molecular weight excluding hydrogens is 236 g/mol. The number of Topliss-reactive ketones (excluding diaryl/α,β-unsaturated/α-hetero) is 1. The van der Waals surface area contributed by atoms with Crippen LogP contribution in [0.1, 0.15) is 13.3 Å². The van der Waals surface area contributed by atoms with Gasteiger partial charge < -0.3 is 21.7 Å². The maximum atomic E-state index is 11.9. The molecule has 0 saturated carbocycles. The Morgan fingerprint density at radius 3 is 2.56 bits per heavy atom. The van der Waals surface area contributed by atoms with Crippen molar-refractivity contribution in [2.24, 2.45) is 5.73 Å². The van der Waals surface area contributed by atoms with Crippen molar-refractivity contribution in [3.8, 4) is 0 Å². The zero-order valence-corrected chi connectivity index (χ0v) is 10.6. The van der Waals surface area contributed by atoms with Crippen LogP contribution in [0.2, 0.25) is 1.41 Å². The second kappa shape index (κ2) is 8.24. The number of amides is 2. The number of hydrogen-bond donors (Lipinski definition) is 4. The van der Waals surface area contributed by atoms with Crippen LogP contribution in [-0.4, -0.2) is 43.3 Å². The molecule has 0 aliphatic heterocycles. The van der Waals surface area contributed by atoms with Crippen LogP contribution < -0.4 is 21.7 Å². The lowest BCUT2D eigenvalue weighted by atomic mass is 10.1. The topological polar surface area (TPSA) is 113 Å². The van der Waals surface area contributed by atoms with Gasteiger partial charge in [0.05, 0.1) is 0 Å². The van der Waals surface area contributed by atoms with Crippen molar-refractivity contribution in [2.75, 3.05) is 13.6 Å². The van der Waals surface area contributed by atoms with Crippen molar-refractivity contribution in [3.05, 3.63) is 12.8 Å². The average Bonchev–Trinajstić information content (AvgIpc) is 2.36. The zero-order chi connectivity index (χ0) is 14.8. The summed E-state index contributed by atoms with van der Waals surface area (Å²) in [5, 5.41) is 7.97. The lowest BCUT2D eigenvalue weighted by Crippen LogP contribution is -2.54. The smallest absolute Gasteiger partial charge is 0.244 e. The van der Waals surface area contributed by atoms with Gasteiger partial charge in [0.2, 0.25) is 11.8 Å². The van der Waals surface area contributed by atoms with Crippen molar-refractivity contribution in [3.63, 3.8) is 0 Å². The molecule has 0 fully saturated rings. The Bertz CT molecular complexity index is 349. The molecule has 102 valence electrons. The number of rotatable bonds is 9. The molecule has 0 unspecified atom stereocenters. The number of nitrogens with two attached hydrogens (primary N) is 1. The van der Waals surface area contributed by atoms with E-state index in [4.69, 9.17) is 1.41 Å². The number of carbonyl (C=O) groups is 3. The summed E-state index contributed by atoms with van der Waals surface area (Å²) in [4.78, 5) is 34.4. The molecule has 7 heteroatoms. The van der Waals surface area contributed by atoms with Crippen LogP contribution in [0, 0.1) is 0 Å². The van der Waals surface area contributed by atoms with E-state index in [1.807, 2.05) is 0 Å². The maximum absolute atomic E-state index is 11.9. The second-order valence-electron chi connectivity index (χ2n) is 3.81. The predicted octanol–water partition coefficient (Wildman–Crippen LogP) is -1.74. The van der Waals surface area contributed by atoms with Gasteiger partial charge in [0.15, 0.2) is 1.41 Å². The summed E-state index contributed by atoms with van der Waals surface area (Å²) in [6, 6.07) is -1.66. The first kappa shape index (κ1) is 14.2. The van der Waals surface area contributed by atoms with E-state index in [0.29, 0.717) is 6.54 Å². The van der Waals surface area contributed by atoms with Crippen LogP contribution in [0.5, 0.6) is 0 Å². The van der Waals surface area contributed by atoms with E-state index in [2.05, 4.69) is 22.5 Å². The van der Waals surface area contributed by atoms with E-state index in [1.54, 1.807) is 12.8 Å². The third-order valence-electron chi connectivity index (χ3n) is 2.17. The minimum atomic E-state index is -1.05. The number of likely N-dealkylation sites (N-methyl/N-ethyl adjacent to an activating group) is 1. The Hall–Kier alpha value is -1.89. The molecule has 0 saturated heterocycles. The number of carbonyl (C=O) groups excluding carboxylic acids is 3. The fraction of sp³-hybridized carbons (Fsp3) is 0.545. The molecule has 0 radical (unpaired) electrons. The molecular formula is C11H20N4O3. The molecule has 5 N–H and O–H groups in total. The minimum absolute atomic E-state index is 0.156. The average molecular weight is 258 g/mol. The fourth-order valence-electron chi connectivity index (χ4n) is 1.34. The highest BCUT2D eigenvalue weighted by atomic mass is 16.2. The molecule has 0 aromatic carbocycles. The Morgan fingerprint density at radius 2 is 2.11 bits per heavy atom. The Labute approximate surface area is 108 Å². The van der Waals surface area contributed by atoms with E-state index in [1.165, 1.54) is 13.1 Å². The van der Waals surface area contributed by atoms with Gasteiger partial charge in [-0.25, -0.2) is 0 Å². The number of ketones is 1. The van der Waals surface area contributed by atoms with Gasteiger partial charge in [0.1, 0.15) is 17.9 Å².